The van der Waals surface area contributed by atoms with E-state index in [0.29, 0.717) is 11.8 Å². The van der Waals surface area contributed by atoms with Gasteiger partial charge in [0.05, 0.1) is 0 Å². The number of nitrogens with zero attached hydrogens (tertiary/aromatic N) is 2. The first-order chi connectivity index (χ1) is 11.2. The largest absolute Gasteiger partial charge is 0.340 e. The van der Waals surface area contributed by atoms with Gasteiger partial charge in [-0.3, -0.25) is 9.69 Å². The summed E-state index contributed by atoms with van der Waals surface area (Å²) in [7, 11) is 0. The van der Waals surface area contributed by atoms with E-state index in [9.17, 15) is 4.79 Å². The Morgan fingerprint density at radius 3 is 2.78 bits per heavy atom. The van der Waals surface area contributed by atoms with E-state index in [4.69, 9.17) is 0 Å². The fraction of sp³-hybridized carbons (Fsp3) is 0.632. The molecular formula is C19H29N3O. The Morgan fingerprint density at radius 1 is 1.26 bits per heavy atom. The van der Waals surface area contributed by atoms with Crippen LogP contribution in [0.25, 0.3) is 0 Å². The number of aryl methyl sites for hydroxylation is 1. The molecule has 23 heavy (non-hydrogen) atoms. The molecule has 126 valence electrons. The minimum Gasteiger partial charge on any atom is -0.340 e. The zero-order valence-electron chi connectivity index (χ0n) is 14.3. The summed E-state index contributed by atoms with van der Waals surface area (Å²) in [6, 6.07) is 8.72. The SMILES string of the molecule is Cc1cccc(CN2CCN(C(=O)CCC3CCNC3)CC2)c1. The minimum absolute atomic E-state index is 0.354. The highest BCUT2D eigenvalue weighted by atomic mass is 16.2. The molecule has 0 saturated carbocycles. The van der Waals surface area contributed by atoms with E-state index in [1.807, 2.05) is 0 Å². The van der Waals surface area contributed by atoms with Gasteiger partial charge in [0, 0.05) is 39.1 Å². The molecule has 2 heterocycles. The van der Waals surface area contributed by atoms with Crippen LogP contribution in [0.15, 0.2) is 24.3 Å². The fourth-order valence-corrected chi connectivity index (χ4v) is 3.67. The fourth-order valence-electron chi connectivity index (χ4n) is 3.67. The van der Waals surface area contributed by atoms with Crippen LogP contribution in [0.1, 0.15) is 30.4 Å². The average Bonchev–Trinajstić information content (AvgIpc) is 3.07. The number of hydrogen-bond donors (Lipinski definition) is 1. The Bertz CT molecular complexity index is 517. The number of rotatable bonds is 5. The van der Waals surface area contributed by atoms with E-state index in [1.165, 1.54) is 17.5 Å². The summed E-state index contributed by atoms with van der Waals surface area (Å²) >= 11 is 0. The van der Waals surface area contributed by atoms with E-state index in [-0.39, 0.29) is 0 Å². The zero-order chi connectivity index (χ0) is 16.1. The third-order valence-electron chi connectivity index (χ3n) is 5.14. The van der Waals surface area contributed by atoms with E-state index >= 15 is 0 Å². The number of piperazine rings is 1. The van der Waals surface area contributed by atoms with E-state index < -0.39 is 0 Å². The molecule has 3 rings (SSSR count). The normalized spacial score (nSPS) is 22.5. The maximum atomic E-state index is 12.4. The molecule has 4 nitrogen and oxygen atoms in total. The van der Waals surface area contributed by atoms with Crippen LogP contribution in [0.3, 0.4) is 0 Å². The van der Waals surface area contributed by atoms with Gasteiger partial charge < -0.3 is 10.2 Å². The van der Waals surface area contributed by atoms with Gasteiger partial charge in [-0.1, -0.05) is 29.8 Å². The molecule has 1 unspecified atom stereocenters. The first kappa shape index (κ1) is 16.5. The van der Waals surface area contributed by atoms with Crippen LogP contribution >= 0.6 is 0 Å². The van der Waals surface area contributed by atoms with Crippen molar-refractivity contribution in [1.82, 2.24) is 15.1 Å². The molecule has 4 heteroatoms. The smallest absolute Gasteiger partial charge is 0.222 e. The van der Waals surface area contributed by atoms with Crippen molar-refractivity contribution in [2.45, 2.75) is 32.7 Å². The second-order valence-corrected chi connectivity index (χ2v) is 7.04. The number of benzene rings is 1. The van der Waals surface area contributed by atoms with Crippen LogP contribution in [0, 0.1) is 12.8 Å². The zero-order valence-corrected chi connectivity index (χ0v) is 14.3. The number of carbonyl (C=O) groups is 1. The maximum Gasteiger partial charge on any atom is 0.222 e. The summed E-state index contributed by atoms with van der Waals surface area (Å²) in [4.78, 5) is 16.9. The quantitative estimate of drug-likeness (QED) is 0.903. The first-order valence-corrected chi connectivity index (χ1v) is 8.97. The van der Waals surface area contributed by atoms with Gasteiger partial charge >= 0.3 is 0 Å². The molecule has 1 N–H and O–H groups in total. The van der Waals surface area contributed by atoms with Crippen LogP contribution in [0.4, 0.5) is 0 Å². The summed E-state index contributed by atoms with van der Waals surface area (Å²) < 4.78 is 0. The van der Waals surface area contributed by atoms with Crippen molar-refractivity contribution in [2.24, 2.45) is 5.92 Å². The monoisotopic (exact) mass is 315 g/mol. The van der Waals surface area contributed by atoms with Gasteiger partial charge in [0.25, 0.3) is 0 Å². The molecule has 1 aromatic rings. The van der Waals surface area contributed by atoms with E-state index in [1.54, 1.807) is 0 Å². The molecule has 2 aliphatic heterocycles. The second-order valence-electron chi connectivity index (χ2n) is 7.04. The van der Waals surface area contributed by atoms with Gasteiger partial charge in [-0.05, 0) is 44.3 Å². The highest BCUT2D eigenvalue weighted by molar-refractivity contribution is 5.76. The number of nitrogens with one attached hydrogen (secondary N) is 1. The molecule has 0 bridgehead atoms. The van der Waals surface area contributed by atoms with Crippen LogP contribution in [0.2, 0.25) is 0 Å². The summed E-state index contributed by atoms with van der Waals surface area (Å²) in [6.07, 6.45) is 3.01. The van der Waals surface area contributed by atoms with Crippen LogP contribution in [0.5, 0.6) is 0 Å². The second kappa shape index (κ2) is 7.93. The molecule has 1 amide bonds. The Labute approximate surface area is 139 Å². The van der Waals surface area contributed by atoms with Crippen molar-refractivity contribution < 1.29 is 4.79 Å². The third kappa shape index (κ3) is 4.79. The molecule has 0 radical (unpaired) electrons. The molecule has 2 saturated heterocycles. The van der Waals surface area contributed by atoms with E-state index in [2.05, 4.69) is 46.3 Å². The van der Waals surface area contributed by atoms with Gasteiger partial charge in [-0.25, -0.2) is 0 Å². The molecule has 0 aliphatic carbocycles. The lowest BCUT2D eigenvalue weighted by Gasteiger charge is -2.35. The summed E-state index contributed by atoms with van der Waals surface area (Å²) in [6.45, 7) is 9.10. The number of hydrogen-bond acceptors (Lipinski definition) is 3. The Morgan fingerprint density at radius 2 is 2.09 bits per heavy atom. The van der Waals surface area contributed by atoms with Gasteiger partial charge in [-0.2, -0.15) is 0 Å². The lowest BCUT2D eigenvalue weighted by atomic mass is 10.0. The van der Waals surface area contributed by atoms with Crippen molar-refractivity contribution in [3.63, 3.8) is 0 Å². The molecule has 2 fully saturated rings. The lowest BCUT2D eigenvalue weighted by molar-refractivity contribution is -0.133. The third-order valence-corrected chi connectivity index (χ3v) is 5.14. The summed E-state index contributed by atoms with van der Waals surface area (Å²) in [5, 5.41) is 3.38. The van der Waals surface area contributed by atoms with Crippen LogP contribution in [-0.2, 0) is 11.3 Å². The molecular weight excluding hydrogens is 286 g/mol. The lowest BCUT2D eigenvalue weighted by Crippen LogP contribution is -2.48. The molecule has 1 aromatic carbocycles. The van der Waals surface area contributed by atoms with Gasteiger partial charge in [0.15, 0.2) is 0 Å². The summed E-state index contributed by atoms with van der Waals surface area (Å²) in [5.41, 5.74) is 2.69. The molecule has 2 aliphatic rings. The van der Waals surface area contributed by atoms with Gasteiger partial charge in [-0.15, -0.1) is 0 Å². The first-order valence-electron chi connectivity index (χ1n) is 8.97. The average molecular weight is 315 g/mol. The highest BCUT2D eigenvalue weighted by Gasteiger charge is 2.22. The predicted octanol–water partition coefficient (Wildman–Crippen LogP) is 2.03. The molecule has 0 aromatic heterocycles. The minimum atomic E-state index is 0.354. The van der Waals surface area contributed by atoms with Crippen molar-refractivity contribution in [3.05, 3.63) is 35.4 Å². The van der Waals surface area contributed by atoms with Crippen molar-refractivity contribution in [1.29, 1.82) is 0 Å². The van der Waals surface area contributed by atoms with Gasteiger partial charge in [0.2, 0.25) is 5.91 Å². The van der Waals surface area contributed by atoms with Crippen molar-refractivity contribution >= 4 is 5.91 Å². The standard InChI is InChI=1S/C19H29N3O/c1-16-3-2-4-18(13-16)15-21-9-11-22(12-10-21)19(23)6-5-17-7-8-20-14-17/h2-4,13,17,20H,5-12,14-15H2,1H3. The van der Waals surface area contributed by atoms with Crippen LogP contribution in [-0.4, -0.2) is 55.0 Å². The number of amides is 1. The van der Waals surface area contributed by atoms with Crippen LogP contribution < -0.4 is 5.32 Å². The highest BCUT2D eigenvalue weighted by Crippen LogP contribution is 2.16. The molecule has 1 atom stereocenters. The van der Waals surface area contributed by atoms with E-state index in [0.717, 1.165) is 58.7 Å². The Kier molecular flexibility index (Phi) is 5.68. The Hall–Kier alpha value is -1.39. The van der Waals surface area contributed by atoms with Crippen molar-refractivity contribution in [3.8, 4) is 0 Å². The topological polar surface area (TPSA) is 35.6 Å². The predicted molar refractivity (Wildman–Crippen MR) is 93.2 cm³/mol. The Balaban J connectivity index is 1.40. The van der Waals surface area contributed by atoms with Gasteiger partial charge in [0.1, 0.15) is 0 Å². The molecule has 0 spiro atoms. The number of carbonyl (C=O) groups excluding carboxylic acids is 1. The van der Waals surface area contributed by atoms with Crippen molar-refractivity contribution in [2.75, 3.05) is 39.3 Å². The summed E-state index contributed by atoms with van der Waals surface area (Å²) in [5.74, 6) is 1.06. The maximum absolute atomic E-state index is 12.4.